The van der Waals surface area contributed by atoms with Crippen molar-refractivity contribution in [1.29, 1.82) is 0 Å². The lowest BCUT2D eigenvalue weighted by atomic mass is 9.97. The van der Waals surface area contributed by atoms with Crippen molar-refractivity contribution in [3.63, 3.8) is 0 Å². The number of alkyl carbamates (subject to hydrolysis) is 1. The molecule has 38 heavy (non-hydrogen) atoms. The van der Waals surface area contributed by atoms with Crippen LogP contribution in [0.25, 0.3) is 6.08 Å². The number of benzene rings is 2. The minimum absolute atomic E-state index is 0.230. The molecule has 2 aromatic rings. The van der Waals surface area contributed by atoms with Crippen molar-refractivity contribution in [2.75, 3.05) is 6.54 Å². The van der Waals surface area contributed by atoms with Crippen LogP contribution in [-0.4, -0.2) is 41.0 Å². The number of carbonyl (C=O) groups is 3. The fourth-order valence-electron chi connectivity index (χ4n) is 4.03. The van der Waals surface area contributed by atoms with Gasteiger partial charge in [-0.3, -0.25) is 9.59 Å². The Kier molecular flexibility index (Phi) is 11.6. The summed E-state index contributed by atoms with van der Waals surface area (Å²) in [6.07, 6.45) is 2.58. The fraction of sp³-hybridized carbons (Fsp3) is 0.452. The van der Waals surface area contributed by atoms with Crippen molar-refractivity contribution in [2.45, 2.75) is 78.6 Å². The minimum Gasteiger partial charge on any atom is -0.444 e. The van der Waals surface area contributed by atoms with E-state index in [1.54, 1.807) is 31.7 Å². The number of hydrogen-bond acceptors (Lipinski definition) is 4. The summed E-state index contributed by atoms with van der Waals surface area (Å²) < 4.78 is 5.43. The first-order valence-electron chi connectivity index (χ1n) is 13.3. The molecule has 2 atom stereocenters. The van der Waals surface area contributed by atoms with Crippen LogP contribution in [0.5, 0.6) is 0 Å². The van der Waals surface area contributed by atoms with Crippen LogP contribution in [0.2, 0.25) is 0 Å². The lowest BCUT2D eigenvalue weighted by Crippen LogP contribution is -2.55. The van der Waals surface area contributed by atoms with Crippen molar-refractivity contribution in [1.82, 2.24) is 15.5 Å². The number of carbonyl (C=O) groups excluding carboxylic acids is 3. The third-order valence-corrected chi connectivity index (χ3v) is 5.97. The Morgan fingerprint density at radius 1 is 1.05 bits per heavy atom. The van der Waals surface area contributed by atoms with Crippen LogP contribution in [0.4, 0.5) is 4.79 Å². The van der Waals surface area contributed by atoms with Gasteiger partial charge in [0.2, 0.25) is 11.8 Å². The van der Waals surface area contributed by atoms with Crippen LogP contribution >= 0.6 is 0 Å². The number of hydrogen-bond donors (Lipinski definition) is 2. The van der Waals surface area contributed by atoms with Crippen molar-refractivity contribution in [2.24, 2.45) is 5.92 Å². The maximum Gasteiger partial charge on any atom is 0.408 e. The van der Waals surface area contributed by atoms with E-state index < -0.39 is 23.8 Å². The van der Waals surface area contributed by atoms with Gasteiger partial charge in [-0.1, -0.05) is 88.4 Å². The smallest absolute Gasteiger partial charge is 0.408 e. The second-order valence-electron chi connectivity index (χ2n) is 10.7. The Morgan fingerprint density at radius 2 is 1.74 bits per heavy atom. The number of rotatable bonds is 12. The van der Waals surface area contributed by atoms with Crippen LogP contribution in [0, 0.1) is 5.92 Å². The molecule has 0 heterocycles. The summed E-state index contributed by atoms with van der Waals surface area (Å²) in [5.74, 6) is -0.853. The van der Waals surface area contributed by atoms with Crippen LogP contribution in [-0.2, 0) is 20.9 Å². The molecule has 0 aliphatic heterocycles. The molecule has 0 saturated carbocycles. The predicted octanol–water partition coefficient (Wildman–Crippen LogP) is 5.87. The van der Waals surface area contributed by atoms with Gasteiger partial charge in [-0.05, 0) is 55.9 Å². The zero-order chi connectivity index (χ0) is 28.3. The third-order valence-electron chi connectivity index (χ3n) is 5.97. The summed E-state index contributed by atoms with van der Waals surface area (Å²) in [5, 5.41) is 5.77. The summed E-state index contributed by atoms with van der Waals surface area (Å²) in [4.78, 5) is 42.1. The first-order valence-corrected chi connectivity index (χ1v) is 13.3. The number of nitrogens with one attached hydrogen (secondary N) is 2. The van der Waals surface area contributed by atoms with E-state index >= 15 is 0 Å². The van der Waals surface area contributed by atoms with E-state index in [1.165, 1.54) is 0 Å². The largest absolute Gasteiger partial charge is 0.444 e. The monoisotopic (exact) mass is 521 g/mol. The minimum atomic E-state index is -0.889. The number of ether oxygens (including phenoxy) is 1. The van der Waals surface area contributed by atoms with E-state index in [-0.39, 0.29) is 17.7 Å². The SMILES string of the molecule is C=Cc1cccc(C(C(=O)NCc2ccccc2)N(CCCC)C(=O)C(NC(=O)OC(C)(C)C)C(C)C)c1. The maximum atomic E-state index is 14.1. The molecular formula is C31H43N3O4. The molecule has 7 nitrogen and oxygen atoms in total. The quantitative estimate of drug-likeness (QED) is 0.366. The number of amides is 3. The summed E-state index contributed by atoms with van der Waals surface area (Å²) in [5.41, 5.74) is 1.77. The molecule has 0 radical (unpaired) electrons. The topological polar surface area (TPSA) is 87.7 Å². The van der Waals surface area contributed by atoms with Gasteiger partial charge in [0.25, 0.3) is 0 Å². The first kappa shape index (κ1) is 30.6. The Balaban J connectivity index is 2.47. The zero-order valence-corrected chi connectivity index (χ0v) is 23.6. The molecule has 3 amide bonds. The van der Waals surface area contributed by atoms with E-state index in [9.17, 15) is 14.4 Å². The summed E-state index contributed by atoms with van der Waals surface area (Å²) >= 11 is 0. The second kappa shape index (κ2) is 14.4. The third kappa shape index (κ3) is 9.36. The van der Waals surface area contributed by atoms with Crippen LogP contribution in [0.15, 0.2) is 61.2 Å². The molecule has 2 aromatic carbocycles. The molecule has 0 aliphatic rings. The average molecular weight is 522 g/mol. The van der Waals surface area contributed by atoms with Crippen molar-refractivity contribution < 1.29 is 19.1 Å². The molecular weight excluding hydrogens is 478 g/mol. The number of nitrogens with zero attached hydrogens (tertiary/aromatic N) is 1. The molecule has 2 N–H and O–H groups in total. The highest BCUT2D eigenvalue weighted by atomic mass is 16.6. The van der Waals surface area contributed by atoms with Gasteiger partial charge in [0.1, 0.15) is 17.7 Å². The lowest BCUT2D eigenvalue weighted by Gasteiger charge is -2.35. The molecule has 2 rings (SSSR count). The van der Waals surface area contributed by atoms with Crippen molar-refractivity contribution in [3.05, 3.63) is 77.9 Å². The molecule has 7 heteroatoms. The van der Waals surface area contributed by atoms with Gasteiger partial charge >= 0.3 is 6.09 Å². The summed E-state index contributed by atoms with van der Waals surface area (Å²) in [6, 6.07) is 15.3. The molecule has 0 spiro atoms. The van der Waals surface area contributed by atoms with Crippen molar-refractivity contribution in [3.8, 4) is 0 Å². The first-order chi connectivity index (χ1) is 18.0. The standard InChI is InChI=1S/C31H43N3O4/c1-8-10-19-34(29(36)26(22(3)4)33-30(37)38-31(5,6)7)27(25-18-14-17-23(9-2)20-25)28(35)32-21-24-15-12-11-13-16-24/h9,11-18,20,22,26-27H,2,8,10,19,21H2,1,3-7H3,(H,32,35)(H,33,37). The highest BCUT2D eigenvalue weighted by Crippen LogP contribution is 2.26. The van der Waals surface area contributed by atoms with Crippen molar-refractivity contribution >= 4 is 24.0 Å². The molecule has 206 valence electrons. The maximum absolute atomic E-state index is 14.1. The Bertz CT molecular complexity index is 1080. The van der Waals surface area contributed by atoms with E-state index in [1.807, 2.05) is 75.4 Å². The number of unbranched alkanes of at least 4 members (excludes halogenated alkanes) is 1. The van der Waals surface area contributed by atoms with E-state index in [4.69, 9.17) is 4.74 Å². The van der Waals surface area contributed by atoms with Crippen LogP contribution in [0.3, 0.4) is 0 Å². The van der Waals surface area contributed by atoms with E-state index in [0.717, 1.165) is 17.5 Å². The van der Waals surface area contributed by atoms with E-state index in [2.05, 4.69) is 17.2 Å². The second-order valence-corrected chi connectivity index (χ2v) is 10.7. The molecule has 0 saturated heterocycles. The summed E-state index contributed by atoms with van der Waals surface area (Å²) in [6.45, 7) is 15.6. The van der Waals surface area contributed by atoms with Gasteiger partial charge < -0.3 is 20.3 Å². The van der Waals surface area contributed by atoms with Gasteiger partial charge in [0.05, 0.1) is 0 Å². The predicted molar refractivity (Wildman–Crippen MR) is 152 cm³/mol. The highest BCUT2D eigenvalue weighted by molar-refractivity contribution is 5.92. The van der Waals surface area contributed by atoms with Gasteiger partial charge in [0, 0.05) is 13.1 Å². The molecule has 0 aromatic heterocycles. The Morgan fingerprint density at radius 3 is 2.32 bits per heavy atom. The van der Waals surface area contributed by atoms with Gasteiger partial charge in [0.15, 0.2) is 0 Å². The normalized spacial score (nSPS) is 12.8. The van der Waals surface area contributed by atoms with Crippen LogP contribution < -0.4 is 10.6 Å². The Hall–Kier alpha value is -3.61. The van der Waals surface area contributed by atoms with Gasteiger partial charge in [-0.2, -0.15) is 0 Å². The fourth-order valence-corrected chi connectivity index (χ4v) is 4.03. The highest BCUT2D eigenvalue weighted by Gasteiger charge is 2.37. The molecule has 2 unspecified atom stereocenters. The van der Waals surface area contributed by atoms with Gasteiger partial charge in [-0.15, -0.1) is 0 Å². The molecule has 0 fully saturated rings. The van der Waals surface area contributed by atoms with E-state index in [0.29, 0.717) is 25.1 Å². The molecule has 0 bridgehead atoms. The Labute approximate surface area is 227 Å². The zero-order valence-electron chi connectivity index (χ0n) is 23.6. The summed E-state index contributed by atoms with van der Waals surface area (Å²) in [7, 11) is 0. The lowest BCUT2D eigenvalue weighted by molar-refractivity contribution is -0.143. The molecule has 0 aliphatic carbocycles. The van der Waals surface area contributed by atoms with Gasteiger partial charge in [-0.25, -0.2) is 4.79 Å². The van der Waals surface area contributed by atoms with Crippen LogP contribution in [0.1, 0.15) is 77.1 Å². The average Bonchev–Trinajstić information content (AvgIpc) is 2.87.